The molecule has 19 heavy (non-hydrogen) atoms. The number of hydrogen-bond acceptors (Lipinski definition) is 3. The van der Waals surface area contributed by atoms with Crippen LogP contribution in [0.2, 0.25) is 0 Å². The molecule has 0 amide bonds. The average Bonchev–Trinajstić information content (AvgIpc) is 2.70. The van der Waals surface area contributed by atoms with Crippen molar-refractivity contribution in [3.05, 3.63) is 17.7 Å². The van der Waals surface area contributed by atoms with Gasteiger partial charge >= 0.3 is 12.1 Å². The van der Waals surface area contributed by atoms with E-state index in [0.717, 1.165) is 5.69 Å². The molecule has 2 rings (SSSR count). The topological polar surface area (TPSA) is 44.1 Å². The molecule has 106 valence electrons. The molecule has 1 unspecified atom stereocenters. The summed E-state index contributed by atoms with van der Waals surface area (Å²) in [6, 6.07) is 0. The van der Waals surface area contributed by atoms with E-state index in [1.165, 1.54) is 6.20 Å². The molecule has 1 aromatic heterocycles. The van der Waals surface area contributed by atoms with Crippen molar-refractivity contribution in [1.29, 1.82) is 0 Å². The first-order valence-electron chi connectivity index (χ1n) is 6.19. The molecule has 2 heterocycles. The SMILES string of the molecule is CCOC(=O)c1ncc2n1CC(CC(F)(F)F)CC2. The van der Waals surface area contributed by atoms with Gasteiger partial charge in [-0.2, -0.15) is 13.2 Å². The molecule has 0 radical (unpaired) electrons. The van der Waals surface area contributed by atoms with E-state index in [0.29, 0.717) is 12.8 Å². The van der Waals surface area contributed by atoms with Gasteiger partial charge in [0, 0.05) is 24.9 Å². The molecule has 0 N–H and O–H groups in total. The van der Waals surface area contributed by atoms with E-state index in [4.69, 9.17) is 4.74 Å². The molecule has 4 nitrogen and oxygen atoms in total. The van der Waals surface area contributed by atoms with Crippen molar-refractivity contribution in [3.63, 3.8) is 0 Å². The lowest BCUT2D eigenvalue weighted by atomic mass is 9.94. The first kappa shape index (κ1) is 13.9. The number of carbonyl (C=O) groups is 1. The number of aryl methyl sites for hydroxylation is 1. The van der Waals surface area contributed by atoms with Crippen LogP contribution in [0.5, 0.6) is 0 Å². The van der Waals surface area contributed by atoms with Crippen molar-refractivity contribution in [2.24, 2.45) is 5.92 Å². The van der Waals surface area contributed by atoms with Crippen molar-refractivity contribution in [2.75, 3.05) is 6.61 Å². The van der Waals surface area contributed by atoms with Gasteiger partial charge in [-0.15, -0.1) is 0 Å². The molecule has 1 atom stereocenters. The molecule has 7 heteroatoms. The fourth-order valence-electron chi connectivity index (χ4n) is 2.37. The average molecular weight is 276 g/mol. The lowest BCUT2D eigenvalue weighted by molar-refractivity contribution is -0.146. The predicted octanol–water partition coefficient (Wildman–Crippen LogP) is 2.57. The lowest BCUT2D eigenvalue weighted by Gasteiger charge is -2.25. The Morgan fingerprint density at radius 2 is 2.32 bits per heavy atom. The van der Waals surface area contributed by atoms with E-state index in [9.17, 15) is 18.0 Å². The Balaban J connectivity index is 2.14. The Morgan fingerprint density at radius 1 is 1.58 bits per heavy atom. The Hall–Kier alpha value is -1.53. The number of ether oxygens (including phenoxy) is 1. The number of hydrogen-bond donors (Lipinski definition) is 0. The molecule has 0 bridgehead atoms. The second kappa shape index (κ2) is 5.22. The maximum absolute atomic E-state index is 12.4. The van der Waals surface area contributed by atoms with Crippen LogP contribution in [-0.2, 0) is 17.7 Å². The normalized spacial score (nSPS) is 19.1. The summed E-state index contributed by atoms with van der Waals surface area (Å²) in [5.41, 5.74) is 0.793. The van der Waals surface area contributed by atoms with Crippen LogP contribution < -0.4 is 0 Å². The van der Waals surface area contributed by atoms with Gasteiger partial charge in [0.15, 0.2) is 0 Å². The van der Waals surface area contributed by atoms with Crippen molar-refractivity contribution in [1.82, 2.24) is 9.55 Å². The van der Waals surface area contributed by atoms with Crippen molar-refractivity contribution in [2.45, 2.75) is 38.9 Å². The number of imidazole rings is 1. The number of rotatable bonds is 3. The quantitative estimate of drug-likeness (QED) is 0.797. The van der Waals surface area contributed by atoms with Crippen molar-refractivity contribution < 1.29 is 22.7 Å². The van der Waals surface area contributed by atoms with Crippen LogP contribution in [-0.4, -0.2) is 28.3 Å². The van der Waals surface area contributed by atoms with E-state index < -0.39 is 24.5 Å². The van der Waals surface area contributed by atoms with Gasteiger partial charge in [0.05, 0.1) is 6.61 Å². The minimum Gasteiger partial charge on any atom is -0.460 e. The molecule has 0 fully saturated rings. The minimum atomic E-state index is -4.17. The molecule has 1 aliphatic rings. The molecule has 0 aromatic carbocycles. The molecular weight excluding hydrogens is 261 g/mol. The number of nitrogens with zero attached hydrogens (tertiary/aromatic N) is 2. The van der Waals surface area contributed by atoms with Gasteiger partial charge in [-0.25, -0.2) is 9.78 Å². The summed E-state index contributed by atoms with van der Waals surface area (Å²) in [5, 5.41) is 0. The molecule has 1 aliphatic heterocycles. The predicted molar refractivity (Wildman–Crippen MR) is 60.7 cm³/mol. The van der Waals surface area contributed by atoms with Gasteiger partial charge in [-0.3, -0.25) is 0 Å². The summed E-state index contributed by atoms with van der Waals surface area (Å²) in [5.74, 6) is -0.986. The van der Waals surface area contributed by atoms with Crippen LogP contribution in [0.3, 0.4) is 0 Å². The van der Waals surface area contributed by atoms with E-state index in [1.54, 1.807) is 11.5 Å². The summed E-state index contributed by atoms with van der Waals surface area (Å²) in [6.45, 7) is 2.06. The third kappa shape index (κ3) is 3.27. The first-order chi connectivity index (χ1) is 8.90. The van der Waals surface area contributed by atoms with Crippen LogP contribution in [0.25, 0.3) is 0 Å². The monoisotopic (exact) mass is 276 g/mol. The fourth-order valence-corrected chi connectivity index (χ4v) is 2.37. The molecular formula is C12H15F3N2O2. The number of alkyl halides is 3. The van der Waals surface area contributed by atoms with Crippen molar-refractivity contribution >= 4 is 5.97 Å². The highest BCUT2D eigenvalue weighted by Gasteiger charge is 2.34. The Labute approximate surface area is 108 Å². The van der Waals surface area contributed by atoms with Gasteiger partial charge in [0.1, 0.15) is 0 Å². The zero-order valence-corrected chi connectivity index (χ0v) is 10.5. The zero-order valence-electron chi connectivity index (χ0n) is 10.5. The maximum atomic E-state index is 12.4. The van der Waals surface area contributed by atoms with Crippen LogP contribution >= 0.6 is 0 Å². The second-order valence-corrected chi connectivity index (χ2v) is 4.63. The van der Waals surface area contributed by atoms with E-state index in [-0.39, 0.29) is 19.0 Å². The summed E-state index contributed by atoms with van der Waals surface area (Å²) < 4.78 is 43.6. The van der Waals surface area contributed by atoms with Crippen LogP contribution in [0.1, 0.15) is 36.1 Å². The molecule has 0 spiro atoms. The maximum Gasteiger partial charge on any atom is 0.389 e. The first-order valence-corrected chi connectivity index (χ1v) is 6.19. The smallest absolute Gasteiger partial charge is 0.389 e. The van der Waals surface area contributed by atoms with Gasteiger partial charge in [-0.1, -0.05) is 0 Å². The summed E-state index contributed by atoms with van der Waals surface area (Å²) in [4.78, 5) is 15.6. The minimum absolute atomic E-state index is 0.101. The number of halogens is 3. The van der Waals surface area contributed by atoms with Crippen LogP contribution in [0, 0.1) is 5.92 Å². The molecule has 0 saturated carbocycles. The molecule has 0 saturated heterocycles. The van der Waals surface area contributed by atoms with E-state index in [2.05, 4.69) is 4.98 Å². The number of carbonyl (C=O) groups excluding carboxylic acids is 1. The zero-order chi connectivity index (χ0) is 14.0. The highest BCUT2D eigenvalue weighted by atomic mass is 19.4. The van der Waals surface area contributed by atoms with Gasteiger partial charge in [0.25, 0.3) is 0 Å². The van der Waals surface area contributed by atoms with Gasteiger partial charge in [0.2, 0.25) is 5.82 Å². The van der Waals surface area contributed by atoms with Crippen molar-refractivity contribution in [3.8, 4) is 0 Å². The highest BCUT2D eigenvalue weighted by molar-refractivity contribution is 5.85. The Bertz CT molecular complexity index is 468. The largest absolute Gasteiger partial charge is 0.460 e. The van der Waals surface area contributed by atoms with E-state index in [1.807, 2.05) is 0 Å². The third-order valence-electron chi connectivity index (χ3n) is 3.17. The number of esters is 1. The highest BCUT2D eigenvalue weighted by Crippen LogP contribution is 2.31. The molecule has 1 aromatic rings. The van der Waals surface area contributed by atoms with Crippen LogP contribution in [0.15, 0.2) is 6.20 Å². The fraction of sp³-hybridized carbons (Fsp3) is 0.667. The second-order valence-electron chi connectivity index (χ2n) is 4.63. The third-order valence-corrected chi connectivity index (χ3v) is 3.17. The van der Waals surface area contributed by atoms with Gasteiger partial charge < -0.3 is 9.30 Å². The Kier molecular flexibility index (Phi) is 3.82. The summed E-state index contributed by atoms with van der Waals surface area (Å²) in [7, 11) is 0. The van der Waals surface area contributed by atoms with E-state index >= 15 is 0 Å². The molecule has 0 aliphatic carbocycles. The number of aromatic nitrogens is 2. The lowest BCUT2D eigenvalue weighted by Crippen LogP contribution is -2.27. The summed E-state index contributed by atoms with van der Waals surface area (Å²) in [6.07, 6.45) is -2.49. The summed E-state index contributed by atoms with van der Waals surface area (Å²) >= 11 is 0. The standard InChI is InChI=1S/C12H15F3N2O2/c1-2-19-11(18)10-16-6-9-4-3-8(7-17(9)10)5-12(13,14)15/h6,8H,2-5,7H2,1H3. The number of fused-ring (bicyclic) bond motifs is 1. The van der Waals surface area contributed by atoms with Crippen LogP contribution in [0.4, 0.5) is 13.2 Å². The van der Waals surface area contributed by atoms with Gasteiger partial charge in [-0.05, 0) is 25.7 Å². The Morgan fingerprint density at radius 3 is 2.95 bits per heavy atom.